The van der Waals surface area contributed by atoms with Crippen LogP contribution in [0.5, 0.6) is 11.5 Å². The molecule has 0 unspecified atom stereocenters. The predicted molar refractivity (Wildman–Crippen MR) is 108 cm³/mol. The molecule has 2 aromatic rings. The molecule has 0 aliphatic carbocycles. The number of aromatic nitrogens is 2. The van der Waals surface area contributed by atoms with Crippen LogP contribution in [0, 0.1) is 0 Å². The van der Waals surface area contributed by atoms with Crippen molar-refractivity contribution in [3.63, 3.8) is 0 Å². The first-order chi connectivity index (χ1) is 12.5. The van der Waals surface area contributed by atoms with Crippen molar-refractivity contribution in [1.29, 1.82) is 0 Å². The molecule has 1 heterocycles. The molecule has 0 saturated heterocycles. The van der Waals surface area contributed by atoms with Gasteiger partial charge in [0.2, 0.25) is 0 Å². The van der Waals surface area contributed by atoms with E-state index >= 15 is 0 Å². The van der Waals surface area contributed by atoms with Crippen LogP contribution in [0.25, 0.3) is 0 Å². The van der Waals surface area contributed by atoms with E-state index in [0.717, 1.165) is 29.2 Å². The number of halogens is 1. The van der Waals surface area contributed by atoms with Crippen LogP contribution < -0.4 is 20.1 Å². The second kappa shape index (κ2) is 10.2. The number of nitrogens with zero attached hydrogens (tertiary/aromatic N) is 2. The Kier molecular flexibility index (Phi) is 8.00. The number of benzene rings is 1. The van der Waals surface area contributed by atoms with Gasteiger partial charge in [0, 0.05) is 13.6 Å². The lowest BCUT2D eigenvalue weighted by Gasteiger charge is -2.13. The lowest BCUT2D eigenvalue weighted by atomic mass is 10.1. The Hall–Kier alpha value is -1.99. The number of thiocarbonyl (C=S) groups is 1. The van der Waals surface area contributed by atoms with Gasteiger partial charge in [0.15, 0.2) is 16.6 Å². The lowest BCUT2D eigenvalue weighted by molar-refractivity contribution is 0.287. The maximum atomic E-state index is 6.08. The molecule has 0 bridgehead atoms. The highest BCUT2D eigenvalue weighted by Crippen LogP contribution is 2.28. The molecule has 8 heteroatoms. The average Bonchev–Trinajstić information content (AvgIpc) is 2.94. The number of nitrogens with one attached hydrogen (secondary N) is 2. The first-order valence-electron chi connectivity index (χ1n) is 8.61. The zero-order valence-electron chi connectivity index (χ0n) is 15.3. The maximum absolute atomic E-state index is 6.08. The van der Waals surface area contributed by atoms with Crippen molar-refractivity contribution in [3.05, 3.63) is 40.7 Å². The van der Waals surface area contributed by atoms with E-state index in [4.69, 9.17) is 33.3 Å². The first-order valence-corrected chi connectivity index (χ1v) is 9.40. The number of hydrogen-bond acceptors (Lipinski definition) is 4. The molecule has 0 fully saturated rings. The Morgan fingerprint density at radius 1 is 1.19 bits per heavy atom. The molecule has 2 rings (SSSR count). The first kappa shape index (κ1) is 20.3. The summed E-state index contributed by atoms with van der Waals surface area (Å²) in [5.74, 6) is 1.55. The zero-order chi connectivity index (χ0) is 18.9. The van der Waals surface area contributed by atoms with Gasteiger partial charge in [-0.25, -0.2) is 0 Å². The van der Waals surface area contributed by atoms with Crippen LogP contribution in [0.4, 0.5) is 0 Å². The Morgan fingerprint density at radius 3 is 2.58 bits per heavy atom. The van der Waals surface area contributed by atoms with Crippen molar-refractivity contribution in [2.24, 2.45) is 7.05 Å². The Balaban J connectivity index is 1.81. The summed E-state index contributed by atoms with van der Waals surface area (Å²) in [6.45, 7) is 6.37. The van der Waals surface area contributed by atoms with Crippen LogP contribution >= 0.6 is 23.8 Å². The van der Waals surface area contributed by atoms with Gasteiger partial charge in [-0.05, 0) is 50.2 Å². The van der Waals surface area contributed by atoms with Gasteiger partial charge in [-0.15, -0.1) is 0 Å². The fourth-order valence-electron chi connectivity index (χ4n) is 2.43. The summed E-state index contributed by atoms with van der Waals surface area (Å²) >= 11 is 11.4. The smallest absolute Gasteiger partial charge is 0.166 e. The van der Waals surface area contributed by atoms with Crippen LogP contribution in [-0.2, 0) is 20.0 Å². The van der Waals surface area contributed by atoms with Gasteiger partial charge >= 0.3 is 0 Å². The van der Waals surface area contributed by atoms with Crippen LogP contribution in [0.15, 0.2) is 24.4 Å². The Bertz CT molecular complexity index is 716. The topological polar surface area (TPSA) is 60.3 Å². The molecule has 0 spiro atoms. The van der Waals surface area contributed by atoms with Crippen molar-refractivity contribution in [2.45, 2.75) is 26.8 Å². The van der Waals surface area contributed by atoms with Gasteiger partial charge in [0.05, 0.1) is 36.7 Å². The standard InChI is InChI=1S/C18H25ClN4O2S/c1-4-24-16-7-6-13(10-17(16)25-5-2)8-9-20-18(26)21-12-15-14(19)11-22-23(15)3/h6-7,10-11H,4-5,8-9,12H2,1-3H3,(H2,20,21,26). The summed E-state index contributed by atoms with van der Waals surface area (Å²) in [5, 5.41) is 11.6. The van der Waals surface area contributed by atoms with Crippen molar-refractivity contribution in [1.82, 2.24) is 20.4 Å². The summed E-state index contributed by atoms with van der Waals surface area (Å²) in [6, 6.07) is 6.01. The molecule has 1 aromatic heterocycles. The molecule has 0 atom stereocenters. The monoisotopic (exact) mass is 396 g/mol. The minimum Gasteiger partial charge on any atom is -0.490 e. The van der Waals surface area contributed by atoms with E-state index in [1.54, 1.807) is 10.9 Å². The molecule has 2 N–H and O–H groups in total. The van der Waals surface area contributed by atoms with Gasteiger partial charge in [-0.2, -0.15) is 5.10 Å². The van der Waals surface area contributed by atoms with Crippen molar-refractivity contribution in [3.8, 4) is 11.5 Å². The van der Waals surface area contributed by atoms with Gasteiger partial charge in [0.25, 0.3) is 0 Å². The largest absolute Gasteiger partial charge is 0.490 e. The SMILES string of the molecule is CCOc1ccc(CCNC(=S)NCc2c(Cl)cnn2C)cc1OCC. The molecule has 0 aliphatic rings. The van der Waals surface area contributed by atoms with Gasteiger partial charge < -0.3 is 20.1 Å². The Morgan fingerprint density at radius 2 is 1.92 bits per heavy atom. The molecule has 0 aliphatic heterocycles. The van der Waals surface area contributed by atoms with E-state index in [9.17, 15) is 0 Å². The van der Waals surface area contributed by atoms with Crippen LogP contribution in [0.1, 0.15) is 25.1 Å². The number of hydrogen-bond donors (Lipinski definition) is 2. The minimum absolute atomic E-state index is 0.526. The number of ether oxygens (including phenoxy) is 2. The molecule has 0 radical (unpaired) electrons. The third kappa shape index (κ3) is 5.78. The minimum atomic E-state index is 0.526. The quantitative estimate of drug-likeness (QED) is 0.635. The van der Waals surface area contributed by atoms with Crippen LogP contribution in [-0.4, -0.2) is 34.7 Å². The molecule has 1 aromatic carbocycles. The predicted octanol–water partition coefficient (Wildman–Crippen LogP) is 3.08. The van der Waals surface area contributed by atoms with Crippen molar-refractivity contribution >= 4 is 28.9 Å². The Labute approximate surface area is 164 Å². The average molecular weight is 397 g/mol. The van der Waals surface area contributed by atoms with Crippen LogP contribution in [0.2, 0.25) is 5.02 Å². The molecule has 0 saturated carbocycles. The fraction of sp³-hybridized carbons (Fsp3) is 0.444. The van der Waals surface area contributed by atoms with E-state index in [1.165, 1.54) is 0 Å². The second-order valence-corrected chi connectivity index (χ2v) is 6.38. The summed E-state index contributed by atoms with van der Waals surface area (Å²) in [4.78, 5) is 0. The van der Waals surface area contributed by atoms with Crippen molar-refractivity contribution < 1.29 is 9.47 Å². The van der Waals surface area contributed by atoms with Gasteiger partial charge in [-0.3, -0.25) is 4.68 Å². The highest BCUT2D eigenvalue weighted by atomic mass is 35.5. The fourth-order valence-corrected chi connectivity index (χ4v) is 2.84. The zero-order valence-corrected chi connectivity index (χ0v) is 16.9. The van der Waals surface area contributed by atoms with E-state index in [0.29, 0.717) is 36.4 Å². The second-order valence-electron chi connectivity index (χ2n) is 5.57. The summed E-state index contributed by atoms with van der Waals surface area (Å²) in [7, 11) is 1.85. The normalized spacial score (nSPS) is 10.5. The summed E-state index contributed by atoms with van der Waals surface area (Å²) < 4.78 is 13.0. The molecule has 142 valence electrons. The van der Waals surface area contributed by atoms with Gasteiger partial charge in [0.1, 0.15) is 0 Å². The molecular formula is C18H25ClN4O2S. The third-order valence-corrected chi connectivity index (χ3v) is 4.34. The van der Waals surface area contributed by atoms with E-state index < -0.39 is 0 Å². The molecule has 6 nitrogen and oxygen atoms in total. The lowest BCUT2D eigenvalue weighted by Crippen LogP contribution is -2.36. The summed E-state index contributed by atoms with van der Waals surface area (Å²) in [6.07, 6.45) is 2.44. The van der Waals surface area contributed by atoms with Crippen molar-refractivity contribution in [2.75, 3.05) is 19.8 Å². The van der Waals surface area contributed by atoms with E-state index in [1.807, 2.05) is 39.1 Å². The molecule has 26 heavy (non-hydrogen) atoms. The number of rotatable bonds is 9. The number of aryl methyl sites for hydroxylation is 1. The van der Waals surface area contributed by atoms with Gasteiger partial charge in [-0.1, -0.05) is 17.7 Å². The molecular weight excluding hydrogens is 372 g/mol. The third-order valence-electron chi connectivity index (χ3n) is 3.73. The van der Waals surface area contributed by atoms with E-state index in [2.05, 4.69) is 15.7 Å². The van der Waals surface area contributed by atoms with Crippen LogP contribution in [0.3, 0.4) is 0 Å². The summed E-state index contributed by atoms with van der Waals surface area (Å²) in [5.41, 5.74) is 2.05. The molecule has 0 amide bonds. The highest BCUT2D eigenvalue weighted by Gasteiger charge is 2.08. The maximum Gasteiger partial charge on any atom is 0.166 e. The highest BCUT2D eigenvalue weighted by molar-refractivity contribution is 7.80. The van der Waals surface area contributed by atoms with E-state index in [-0.39, 0.29) is 0 Å².